The van der Waals surface area contributed by atoms with Crippen LogP contribution in [0.4, 0.5) is 0 Å². The van der Waals surface area contributed by atoms with Crippen LogP contribution in [-0.4, -0.2) is 60.8 Å². The minimum Gasteiger partial charge on any atom is -0.323 e. The van der Waals surface area contributed by atoms with E-state index in [0.717, 1.165) is 19.1 Å². The van der Waals surface area contributed by atoms with Gasteiger partial charge in [-0.3, -0.25) is 9.59 Å². The lowest BCUT2D eigenvalue weighted by Crippen LogP contribution is -2.44. The van der Waals surface area contributed by atoms with E-state index in [2.05, 4.69) is 0 Å². The van der Waals surface area contributed by atoms with Gasteiger partial charge in [-0.1, -0.05) is 0 Å². The fraction of sp³-hybridized carbons (Fsp3) is 0.833. The van der Waals surface area contributed by atoms with Crippen LogP contribution >= 0.6 is 0 Å². The van der Waals surface area contributed by atoms with Crippen molar-refractivity contribution in [3.8, 4) is 0 Å². The van der Waals surface area contributed by atoms with E-state index >= 15 is 0 Å². The highest BCUT2D eigenvalue weighted by Crippen LogP contribution is 2.45. The van der Waals surface area contributed by atoms with Crippen LogP contribution in [0, 0.1) is 5.92 Å². The highest BCUT2D eigenvalue weighted by atomic mass is 32.2. The topological polar surface area (TPSA) is 74.8 Å². The van der Waals surface area contributed by atoms with Crippen LogP contribution < -0.4 is 0 Å². The van der Waals surface area contributed by atoms with Gasteiger partial charge in [-0.25, -0.2) is 8.42 Å². The largest absolute Gasteiger partial charge is 0.323 e. The van der Waals surface area contributed by atoms with Crippen molar-refractivity contribution in [2.24, 2.45) is 5.92 Å². The molecule has 19 heavy (non-hydrogen) atoms. The van der Waals surface area contributed by atoms with Crippen molar-refractivity contribution >= 4 is 21.7 Å². The predicted molar refractivity (Wildman–Crippen MR) is 67.8 cm³/mol. The van der Waals surface area contributed by atoms with E-state index in [1.807, 2.05) is 0 Å². The Morgan fingerprint density at radius 2 is 1.68 bits per heavy atom. The molecule has 0 aromatic carbocycles. The van der Waals surface area contributed by atoms with Gasteiger partial charge in [-0.15, -0.1) is 0 Å². The number of hydrogen-bond donors (Lipinski definition) is 0. The molecular weight excluding hydrogens is 268 g/mol. The van der Waals surface area contributed by atoms with Crippen molar-refractivity contribution in [1.29, 1.82) is 0 Å². The maximum atomic E-state index is 12.3. The highest BCUT2D eigenvalue weighted by Gasteiger charge is 2.60. The molecule has 6 nitrogen and oxygen atoms in total. The van der Waals surface area contributed by atoms with E-state index < -0.39 is 14.6 Å². The predicted octanol–water partition coefficient (Wildman–Crippen LogP) is -0.398. The first-order valence-electron chi connectivity index (χ1n) is 6.63. The molecule has 0 unspecified atom stereocenters. The quantitative estimate of drug-likeness (QED) is 0.707. The van der Waals surface area contributed by atoms with E-state index in [4.69, 9.17) is 0 Å². The van der Waals surface area contributed by atoms with Crippen molar-refractivity contribution in [2.45, 2.75) is 30.4 Å². The van der Waals surface area contributed by atoms with Gasteiger partial charge in [-0.05, 0) is 25.7 Å². The maximum Gasteiger partial charge on any atom is 0.245 e. The monoisotopic (exact) mass is 286 g/mol. The zero-order valence-corrected chi connectivity index (χ0v) is 11.8. The van der Waals surface area contributed by atoms with Gasteiger partial charge in [0.05, 0.1) is 6.67 Å². The van der Waals surface area contributed by atoms with Gasteiger partial charge in [0.1, 0.15) is 0 Å². The Morgan fingerprint density at radius 1 is 1.11 bits per heavy atom. The summed E-state index contributed by atoms with van der Waals surface area (Å²) in [5.74, 6) is -0.0690. The molecular formula is C12H18N2O4S. The summed E-state index contributed by atoms with van der Waals surface area (Å²) in [5, 5.41) is 0. The van der Waals surface area contributed by atoms with Crippen LogP contribution in [0.2, 0.25) is 0 Å². The first-order valence-corrected chi connectivity index (χ1v) is 8.52. The summed E-state index contributed by atoms with van der Waals surface area (Å²) in [6.07, 6.45) is 3.84. The minimum atomic E-state index is -3.36. The number of carbonyl (C=O) groups is 2. The summed E-state index contributed by atoms with van der Waals surface area (Å²) in [6.45, 7) is 1.24. The Balaban J connectivity index is 1.68. The molecule has 2 saturated carbocycles. The zero-order valence-electron chi connectivity index (χ0n) is 11.0. The van der Waals surface area contributed by atoms with Crippen LogP contribution in [0.25, 0.3) is 0 Å². The summed E-state index contributed by atoms with van der Waals surface area (Å²) >= 11 is 0. The average molecular weight is 286 g/mol. The minimum absolute atomic E-state index is 0.111. The third kappa shape index (κ3) is 2.04. The first kappa shape index (κ1) is 12.9. The second kappa shape index (κ2) is 3.94. The maximum absolute atomic E-state index is 12.3. The lowest BCUT2D eigenvalue weighted by atomic mass is 10.3. The first-order chi connectivity index (χ1) is 8.85. The molecule has 3 aliphatic rings. The van der Waals surface area contributed by atoms with Crippen molar-refractivity contribution in [2.75, 3.05) is 26.0 Å². The van der Waals surface area contributed by atoms with Gasteiger partial charge >= 0.3 is 0 Å². The van der Waals surface area contributed by atoms with E-state index in [1.54, 1.807) is 4.90 Å². The molecule has 0 radical (unpaired) electrons. The van der Waals surface area contributed by atoms with Crippen LogP contribution in [-0.2, 0) is 19.4 Å². The lowest BCUT2D eigenvalue weighted by Gasteiger charge is -2.22. The van der Waals surface area contributed by atoms with Crippen LogP contribution in [0.5, 0.6) is 0 Å². The summed E-state index contributed by atoms with van der Waals surface area (Å²) in [4.78, 5) is 27.4. The van der Waals surface area contributed by atoms with Crippen molar-refractivity contribution in [3.63, 3.8) is 0 Å². The van der Waals surface area contributed by atoms with Crippen molar-refractivity contribution in [3.05, 3.63) is 0 Å². The molecule has 0 spiro atoms. The smallest absolute Gasteiger partial charge is 0.245 e. The van der Waals surface area contributed by atoms with E-state index in [1.165, 1.54) is 4.90 Å². The third-order valence-electron chi connectivity index (χ3n) is 4.31. The summed E-state index contributed by atoms with van der Waals surface area (Å²) in [7, 11) is -3.36. The van der Waals surface area contributed by atoms with Gasteiger partial charge in [-0.2, -0.15) is 0 Å². The average Bonchev–Trinajstić information content (AvgIpc) is 3.22. The van der Waals surface area contributed by atoms with Crippen LogP contribution in [0.3, 0.4) is 0 Å². The Bertz CT molecular complexity index is 534. The van der Waals surface area contributed by atoms with E-state index in [9.17, 15) is 18.0 Å². The van der Waals surface area contributed by atoms with Gasteiger partial charge in [0.2, 0.25) is 11.8 Å². The molecule has 0 atom stereocenters. The molecule has 2 amide bonds. The molecule has 1 aliphatic heterocycles. The van der Waals surface area contributed by atoms with Gasteiger partial charge in [0.15, 0.2) is 14.6 Å². The fourth-order valence-corrected chi connectivity index (χ4v) is 3.96. The molecule has 3 fully saturated rings. The molecule has 1 heterocycles. The van der Waals surface area contributed by atoms with Gasteiger partial charge in [0, 0.05) is 25.3 Å². The normalized spacial score (nSPS) is 25.5. The molecule has 0 N–H and O–H groups in total. The number of rotatable bonds is 3. The third-order valence-corrected chi connectivity index (χ3v) is 6.31. The molecule has 106 valence electrons. The number of nitrogens with zero attached hydrogens (tertiary/aromatic N) is 2. The van der Waals surface area contributed by atoms with Gasteiger partial charge < -0.3 is 9.80 Å². The second-order valence-electron chi connectivity index (χ2n) is 5.85. The molecule has 0 aromatic rings. The highest BCUT2D eigenvalue weighted by molar-refractivity contribution is 7.93. The fourth-order valence-electron chi connectivity index (χ4n) is 2.67. The van der Waals surface area contributed by atoms with Crippen LogP contribution in [0.15, 0.2) is 0 Å². The van der Waals surface area contributed by atoms with Gasteiger partial charge in [0.25, 0.3) is 0 Å². The molecule has 3 rings (SSSR count). The Kier molecular flexibility index (Phi) is 2.68. The Hall–Kier alpha value is -1.11. The number of amides is 2. The van der Waals surface area contributed by atoms with Crippen molar-refractivity contribution < 1.29 is 18.0 Å². The second-order valence-corrected chi connectivity index (χ2v) is 8.18. The molecule has 2 aliphatic carbocycles. The lowest BCUT2D eigenvalue weighted by molar-refractivity contribution is -0.135. The Labute approximate surface area is 112 Å². The van der Waals surface area contributed by atoms with E-state index in [0.29, 0.717) is 25.9 Å². The zero-order chi connectivity index (χ0) is 13.8. The van der Waals surface area contributed by atoms with E-state index in [-0.39, 0.29) is 24.4 Å². The summed E-state index contributed by atoms with van der Waals surface area (Å²) in [5.41, 5.74) is 0. The standard InChI is InChI=1S/C12H18N2O4S/c1-19(17,18)12(4-5-12)11(16)14-7-6-13(8-14)10(15)9-2-3-9/h9H,2-8H2,1H3. The molecule has 0 aromatic heterocycles. The van der Waals surface area contributed by atoms with Crippen molar-refractivity contribution in [1.82, 2.24) is 9.80 Å². The number of carbonyl (C=O) groups excluding carboxylic acids is 2. The summed E-state index contributed by atoms with van der Waals surface area (Å²) in [6, 6.07) is 0. The SMILES string of the molecule is CS(=O)(=O)C1(C(=O)N2CCN(C(=O)C3CC3)C2)CC1. The molecule has 7 heteroatoms. The molecule has 0 bridgehead atoms. The summed E-state index contributed by atoms with van der Waals surface area (Å²) < 4.78 is 22.2. The number of hydrogen-bond acceptors (Lipinski definition) is 4. The Morgan fingerprint density at radius 3 is 2.16 bits per heavy atom. The molecule has 1 saturated heterocycles. The van der Waals surface area contributed by atoms with Crippen LogP contribution in [0.1, 0.15) is 25.7 Å². The number of sulfone groups is 1.